The molecular formula is C16H14N2O2. The van der Waals surface area contributed by atoms with Crippen LogP contribution < -0.4 is 5.32 Å². The number of rotatable bonds is 5. The Kier molecular flexibility index (Phi) is 4.35. The summed E-state index contributed by atoms with van der Waals surface area (Å²) < 4.78 is 0. The Bertz CT molecular complexity index is 660. The third kappa shape index (κ3) is 3.36. The molecule has 4 heteroatoms. The molecule has 2 rings (SSSR count). The normalized spacial score (nSPS) is 9.75. The van der Waals surface area contributed by atoms with Crippen molar-refractivity contribution in [3.8, 4) is 6.07 Å². The molecule has 0 unspecified atom stereocenters. The Labute approximate surface area is 117 Å². The lowest BCUT2D eigenvalue weighted by atomic mass is 10.1. The molecule has 20 heavy (non-hydrogen) atoms. The van der Waals surface area contributed by atoms with Crippen LogP contribution in [0.25, 0.3) is 0 Å². The Morgan fingerprint density at radius 1 is 1.20 bits per heavy atom. The van der Waals surface area contributed by atoms with Crippen LogP contribution in [0.3, 0.4) is 0 Å². The average molecular weight is 266 g/mol. The molecule has 2 aromatic carbocycles. The molecule has 4 nitrogen and oxygen atoms in total. The fourth-order valence-electron chi connectivity index (χ4n) is 1.94. The maximum Gasteiger partial charge on any atom is 0.335 e. The molecule has 0 heterocycles. The van der Waals surface area contributed by atoms with E-state index in [2.05, 4.69) is 11.4 Å². The number of hydrogen-bond donors (Lipinski definition) is 2. The van der Waals surface area contributed by atoms with Crippen molar-refractivity contribution >= 4 is 11.7 Å². The van der Waals surface area contributed by atoms with Gasteiger partial charge in [-0.2, -0.15) is 5.26 Å². The lowest BCUT2D eigenvalue weighted by Crippen LogP contribution is -2.07. The molecule has 0 fully saturated rings. The molecule has 0 radical (unpaired) electrons. The number of hydrogen-bond acceptors (Lipinski definition) is 3. The van der Waals surface area contributed by atoms with Gasteiger partial charge in [-0.1, -0.05) is 24.3 Å². The zero-order valence-corrected chi connectivity index (χ0v) is 10.8. The first-order valence-corrected chi connectivity index (χ1v) is 6.26. The van der Waals surface area contributed by atoms with E-state index in [1.54, 1.807) is 24.3 Å². The monoisotopic (exact) mass is 266 g/mol. The van der Waals surface area contributed by atoms with Gasteiger partial charge in [-0.3, -0.25) is 0 Å². The maximum absolute atomic E-state index is 10.9. The summed E-state index contributed by atoms with van der Waals surface area (Å²) in [7, 11) is 0. The van der Waals surface area contributed by atoms with Gasteiger partial charge < -0.3 is 10.4 Å². The summed E-state index contributed by atoms with van der Waals surface area (Å²) >= 11 is 0. The number of nitriles is 1. The van der Waals surface area contributed by atoms with E-state index < -0.39 is 5.97 Å². The van der Waals surface area contributed by atoms with Crippen LogP contribution in [0.2, 0.25) is 0 Å². The van der Waals surface area contributed by atoms with Gasteiger partial charge in [0.2, 0.25) is 0 Å². The van der Waals surface area contributed by atoms with Crippen molar-refractivity contribution in [1.82, 2.24) is 0 Å². The van der Waals surface area contributed by atoms with Gasteiger partial charge in [-0.25, -0.2) is 4.79 Å². The summed E-state index contributed by atoms with van der Waals surface area (Å²) in [6, 6.07) is 16.3. The van der Waals surface area contributed by atoms with Gasteiger partial charge in [0.15, 0.2) is 0 Å². The third-order valence-corrected chi connectivity index (χ3v) is 2.95. The lowest BCUT2D eigenvalue weighted by Gasteiger charge is -2.08. The van der Waals surface area contributed by atoms with Crippen molar-refractivity contribution < 1.29 is 9.90 Å². The number of carboxylic acid groups (broad SMARTS) is 1. The van der Waals surface area contributed by atoms with E-state index in [-0.39, 0.29) is 0 Å². The number of aromatic carboxylic acids is 1. The molecular weight excluding hydrogens is 252 g/mol. The van der Waals surface area contributed by atoms with Crippen LogP contribution in [0.4, 0.5) is 5.69 Å². The first-order valence-electron chi connectivity index (χ1n) is 6.26. The van der Waals surface area contributed by atoms with Gasteiger partial charge in [0.1, 0.15) is 6.07 Å². The van der Waals surface area contributed by atoms with Gasteiger partial charge in [-0.15, -0.1) is 0 Å². The molecule has 0 amide bonds. The van der Waals surface area contributed by atoms with E-state index in [0.29, 0.717) is 24.1 Å². The smallest absolute Gasteiger partial charge is 0.335 e. The Morgan fingerprint density at radius 2 is 2.00 bits per heavy atom. The van der Waals surface area contributed by atoms with Crippen molar-refractivity contribution in [1.29, 1.82) is 5.26 Å². The van der Waals surface area contributed by atoms with Crippen molar-refractivity contribution in [3.05, 3.63) is 65.2 Å². The van der Waals surface area contributed by atoms with Gasteiger partial charge >= 0.3 is 5.97 Å². The molecule has 100 valence electrons. The molecule has 0 saturated carbocycles. The second-order valence-corrected chi connectivity index (χ2v) is 4.34. The summed E-state index contributed by atoms with van der Waals surface area (Å²) in [5.41, 5.74) is 2.64. The molecule has 0 spiro atoms. The van der Waals surface area contributed by atoms with Gasteiger partial charge in [0, 0.05) is 6.54 Å². The molecule has 2 aromatic rings. The number of carbonyl (C=O) groups is 1. The Balaban J connectivity index is 1.98. The van der Waals surface area contributed by atoms with Crippen molar-refractivity contribution in [3.63, 3.8) is 0 Å². The van der Waals surface area contributed by atoms with E-state index >= 15 is 0 Å². The van der Waals surface area contributed by atoms with Crippen molar-refractivity contribution in [2.24, 2.45) is 0 Å². The first kappa shape index (κ1) is 13.6. The quantitative estimate of drug-likeness (QED) is 0.872. The fraction of sp³-hybridized carbons (Fsp3) is 0.125. The topological polar surface area (TPSA) is 73.1 Å². The summed E-state index contributed by atoms with van der Waals surface area (Å²) in [5.74, 6) is -0.922. The SMILES string of the molecule is N#Cc1ccccc1NCCc1cccc(C(=O)O)c1. The molecule has 0 aliphatic heterocycles. The standard InChI is InChI=1S/C16H14N2O2/c17-11-14-5-1-2-7-15(14)18-9-8-12-4-3-6-13(10-12)16(19)20/h1-7,10,18H,8-9H2,(H,19,20). The maximum atomic E-state index is 10.9. The van der Waals surface area contributed by atoms with Crippen molar-refractivity contribution in [2.75, 3.05) is 11.9 Å². The van der Waals surface area contributed by atoms with Gasteiger partial charge in [0.05, 0.1) is 16.8 Å². The predicted octanol–water partition coefficient (Wildman–Crippen LogP) is 2.91. The average Bonchev–Trinajstić information content (AvgIpc) is 2.48. The molecule has 2 N–H and O–H groups in total. The first-order chi connectivity index (χ1) is 9.70. The predicted molar refractivity (Wildman–Crippen MR) is 76.8 cm³/mol. The van der Waals surface area contributed by atoms with Crippen molar-refractivity contribution in [2.45, 2.75) is 6.42 Å². The van der Waals surface area contributed by atoms with E-state index in [0.717, 1.165) is 11.3 Å². The highest BCUT2D eigenvalue weighted by molar-refractivity contribution is 5.87. The molecule has 0 atom stereocenters. The highest BCUT2D eigenvalue weighted by atomic mass is 16.4. The summed E-state index contributed by atoms with van der Waals surface area (Å²) in [6.45, 7) is 0.641. The van der Waals surface area contributed by atoms with Gasteiger partial charge in [0.25, 0.3) is 0 Å². The van der Waals surface area contributed by atoms with Crippen LogP contribution in [0, 0.1) is 11.3 Å². The van der Waals surface area contributed by atoms with Crippen LogP contribution in [0.5, 0.6) is 0 Å². The van der Waals surface area contributed by atoms with Crippen LogP contribution in [-0.4, -0.2) is 17.6 Å². The second kappa shape index (κ2) is 6.39. The Morgan fingerprint density at radius 3 is 2.75 bits per heavy atom. The number of carboxylic acids is 1. The number of nitrogens with one attached hydrogen (secondary N) is 1. The van der Waals surface area contributed by atoms with Crippen LogP contribution in [-0.2, 0) is 6.42 Å². The summed E-state index contributed by atoms with van der Waals surface area (Å²) in [6.07, 6.45) is 0.695. The number of benzene rings is 2. The van der Waals surface area contributed by atoms with E-state index in [1.165, 1.54) is 0 Å². The molecule has 0 saturated heterocycles. The third-order valence-electron chi connectivity index (χ3n) is 2.95. The second-order valence-electron chi connectivity index (χ2n) is 4.34. The zero-order valence-electron chi connectivity index (χ0n) is 10.8. The van der Waals surface area contributed by atoms with E-state index in [9.17, 15) is 4.79 Å². The molecule has 0 bridgehead atoms. The number of anilines is 1. The lowest BCUT2D eigenvalue weighted by molar-refractivity contribution is 0.0697. The minimum atomic E-state index is -0.922. The highest BCUT2D eigenvalue weighted by Gasteiger charge is 2.03. The fourth-order valence-corrected chi connectivity index (χ4v) is 1.94. The van der Waals surface area contributed by atoms with Crippen LogP contribution >= 0.6 is 0 Å². The van der Waals surface area contributed by atoms with Crippen LogP contribution in [0.1, 0.15) is 21.5 Å². The largest absolute Gasteiger partial charge is 0.478 e. The zero-order chi connectivity index (χ0) is 14.4. The highest BCUT2D eigenvalue weighted by Crippen LogP contribution is 2.13. The van der Waals surface area contributed by atoms with E-state index in [1.807, 2.05) is 24.3 Å². The summed E-state index contributed by atoms with van der Waals surface area (Å²) in [4.78, 5) is 10.9. The van der Waals surface area contributed by atoms with Crippen LogP contribution in [0.15, 0.2) is 48.5 Å². The molecule has 0 aliphatic rings. The van der Waals surface area contributed by atoms with Gasteiger partial charge in [-0.05, 0) is 36.2 Å². The molecule has 0 aromatic heterocycles. The number of para-hydroxylation sites is 1. The number of nitrogens with zero attached hydrogens (tertiary/aromatic N) is 1. The minimum Gasteiger partial charge on any atom is -0.478 e. The van der Waals surface area contributed by atoms with E-state index in [4.69, 9.17) is 10.4 Å². The molecule has 0 aliphatic carbocycles. The minimum absolute atomic E-state index is 0.292. The Hall–Kier alpha value is -2.80. The summed E-state index contributed by atoms with van der Waals surface area (Å²) in [5, 5.41) is 21.1.